The molecule has 0 aliphatic carbocycles. The van der Waals surface area contributed by atoms with Crippen molar-refractivity contribution in [2.45, 2.75) is 46.7 Å². The van der Waals surface area contributed by atoms with E-state index in [0.29, 0.717) is 38.4 Å². The Morgan fingerprint density at radius 3 is 2.43 bits per heavy atom. The first kappa shape index (κ1) is 29.6. The highest BCUT2D eigenvalue weighted by Crippen LogP contribution is 2.35. The van der Waals surface area contributed by atoms with Gasteiger partial charge in [0.1, 0.15) is 5.69 Å². The van der Waals surface area contributed by atoms with Gasteiger partial charge in [-0.25, -0.2) is 4.98 Å². The summed E-state index contributed by atoms with van der Waals surface area (Å²) in [5.74, 6) is -0.174. The van der Waals surface area contributed by atoms with Gasteiger partial charge in [-0.1, -0.05) is 50.8 Å². The number of nitrogens with one attached hydrogen (secondary N) is 1. The fourth-order valence-corrected chi connectivity index (χ4v) is 6.40. The zero-order valence-electron chi connectivity index (χ0n) is 25.5. The molecule has 8 nitrogen and oxygen atoms in total. The van der Waals surface area contributed by atoms with Gasteiger partial charge in [0.05, 0.1) is 12.2 Å². The van der Waals surface area contributed by atoms with Gasteiger partial charge in [-0.2, -0.15) is 0 Å². The summed E-state index contributed by atoms with van der Waals surface area (Å²) < 4.78 is 0. The number of piperazine rings is 1. The second-order valence-corrected chi connectivity index (χ2v) is 11.5. The Labute approximate surface area is 250 Å². The molecule has 0 bridgehead atoms. The van der Waals surface area contributed by atoms with Crippen molar-refractivity contribution >= 4 is 34.0 Å². The van der Waals surface area contributed by atoms with Crippen molar-refractivity contribution in [1.29, 1.82) is 0 Å². The van der Waals surface area contributed by atoms with Crippen molar-refractivity contribution in [3.8, 4) is 0 Å². The Bertz CT molecular complexity index is 1450. The van der Waals surface area contributed by atoms with Crippen LogP contribution in [-0.2, 0) is 17.8 Å². The minimum Gasteiger partial charge on any atom is -0.368 e. The number of fused-ring (bicyclic) bond motifs is 2. The van der Waals surface area contributed by atoms with Gasteiger partial charge in [-0.3, -0.25) is 9.59 Å². The first-order chi connectivity index (χ1) is 20.3. The van der Waals surface area contributed by atoms with Gasteiger partial charge in [-0.15, -0.1) is 0 Å². The van der Waals surface area contributed by atoms with Crippen LogP contribution in [0.5, 0.6) is 0 Å². The average molecular weight is 569 g/mol. The average Bonchev–Trinajstić information content (AvgIpc) is 3.02. The SMILES string of the molecule is C=CC(=O)N1CCN(c2cc(C(=O)N[C@H](C)CN(CC)CC)nc3c2CCN(c2cccc4cccc(C)c24)C3)CC1. The molecule has 0 spiro atoms. The van der Waals surface area contributed by atoms with Gasteiger partial charge in [0.15, 0.2) is 0 Å². The van der Waals surface area contributed by atoms with Crippen LogP contribution in [0.25, 0.3) is 10.8 Å². The molecule has 2 aliphatic heterocycles. The number of aromatic nitrogens is 1. The molecule has 1 atom stereocenters. The molecular formula is C34H44N6O2. The van der Waals surface area contributed by atoms with E-state index in [0.717, 1.165) is 44.0 Å². The van der Waals surface area contributed by atoms with Gasteiger partial charge in [0.25, 0.3) is 5.91 Å². The minimum atomic E-state index is -0.141. The summed E-state index contributed by atoms with van der Waals surface area (Å²) in [4.78, 5) is 39.7. The summed E-state index contributed by atoms with van der Waals surface area (Å²) in [5, 5.41) is 5.70. The lowest BCUT2D eigenvalue weighted by atomic mass is 9.97. The summed E-state index contributed by atoms with van der Waals surface area (Å²) in [5.41, 5.74) is 6.15. The maximum atomic E-state index is 13.6. The van der Waals surface area contributed by atoms with Crippen molar-refractivity contribution in [2.24, 2.45) is 0 Å². The number of pyridine rings is 1. The van der Waals surface area contributed by atoms with Crippen LogP contribution in [0.1, 0.15) is 48.1 Å². The fraction of sp³-hybridized carbons (Fsp3) is 0.441. The molecule has 0 saturated carbocycles. The number of anilines is 2. The quantitative estimate of drug-likeness (QED) is 0.386. The molecule has 2 aromatic carbocycles. The summed E-state index contributed by atoms with van der Waals surface area (Å²) in [6, 6.07) is 14.9. The van der Waals surface area contributed by atoms with E-state index in [1.807, 2.05) is 11.0 Å². The Kier molecular flexibility index (Phi) is 9.12. The smallest absolute Gasteiger partial charge is 0.270 e. The van der Waals surface area contributed by atoms with Crippen LogP contribution in [0.4, 0.5) is 11.4 Å². The molecule has 222 valence electrons. The summed E-state index contributed by atoms with van der Waals surface area (Å²) in [7, 11) is 0. The maximum absolute atomic E-state index is 13.6. The fourth-order valence-electron chi connectivity index (χ4n) is 6.40. The third-order valence-corrected chi connectivity index (χ3v) is 8.73. The van der Waals surface area contributed by atoms with E-state index >= 15 is 0 Å². The highest BCUT2D eigenvalue weighted by Gasteiger charge is 2.29. The molecule has 1 aromatic heterocycles. The molecule has 1 fully saturated rings. The highest BCUT2D eigenvalue weighted by atomic mass is 16.2. The minimum absolute atomic E-state index is 0.00213. The third kappa shape index (κ3) is 6.14. The van der Waals surface area contributed by atoms with E-state index in [-0.39, 0.29) is 17.9 Å². The van der Waals surface area contributed by atoms with Crippen molar-refractivity contribution in [3.63, 3.8) is 0 Å². The molecule has 3 heterocycles. The van der Waals surface area contributed by atoms with Crippen LogP contribution in [0.2, 0.25) is 0 Å². The van der Waals surface area contributed by atoms with Crippen molar-refractivity contribution in [1.82, 2.24) is 20.1 Å². The third-order valence-electron chi connectivity index (χ3n) is 8.73. The zero-order valence-corrected chi connectivity index (χ0v) is 25.5. The normalized spacial score (nSPS) is 16.0. The first-order valence-electron chi connectivity index (χ1n) is 15.3. The zero-order chi connectivity index (χ0) is 29.8. The number of carbonyl (C=O) groups excluding carboxylic acids is 2. The molecule has 0 unspecified atom stereocenters. The van der Waals surface area contributed by atoms with Gasteiger partial charge in [0.2, 0.25) is 5.91 Å². The van der Waals surface area contributed by atoms with Crippen molar-refractivity contribution < 1.29 is 9.59 Å². The van der Waals surface area contributed by atoms with Crippen LogP contribution in [-0.4, -0.2) is 85.0 Å². The van der Waals surface area contributed by atoms with Crippen LogP contribution < -0.4 is 15.1 Å². The molecule has 2 aliphatic rings. The lowest BCUT2D eigenvalue weighted by Gasteiger charge is -2.39. The van der Waals surface area contributed by atoms with Gasteiger partial charge in [-0.05, 0) is 62.5 Å². The lowest BCUT2D eigenvalue weighted by molar-refractivity contribution is -0.126. The Morgan fingerprint density at radius 2 is 1.74 bits per heavy atom. The predicted octanol–water partition coefficient (Wildman–Crippen LogP) is 4.40. The summed E-state index contributed by atoms with van der Waals surface area (Å²) in [6.07, 6.45) is 2.22. The number of hydrogen-bond donors (Lipinski definition) is 1. The number of rotatable bonds is 9. The van der Waals surface area contributed by atoms with Crippen LogP contribution >= 0.6 is 0 Å². The van der Waals surface area contributed by atoms with E-state index in [4.69, 9.17) is 4.98 Å². The summed E-state index contributed by atoms with van der Waals surface area (Å²) in [6.45, 7) is 19.0. The molecule has 2 amide bonds. The number of carbonyl (C=O) groups is 2. The molecular weight excluding hydrogens is 524 g/mol. The first-order valence-corrected chi connectivity index (χ1v) is 15.3. The number of benzene rings is 2. The standard InChI is InChI=1S/C34H44N6O2/c1-6-32(41)39-19-17-38(18-20-39)31-21-28(34(42)35-25(5)22-37(7-2)8-3)36-29-23-40(16-15-27(29)31)30-14-10-13-26-12-9-11-24(4)33(26)30/h6,9-14,21,25H,1,7-8,15-20,22-23H2,2-5H3,(H,35,42)/t25-/m1/s1. The number of hydrogen-bond acceptors (Lipinski definition) is 6. The number of aryl methyl sites for hydroxylation is 1. The van der Waals surface area contributed by atoms with E-state index < -0.39 is 0 Å². The number of likely N-dealkylation sites (N-methyl/N-ethyl adjacent to an activating group) is 1. The Hall–Kier alpha value is -3.91. The van der Waals surface area contributed by atoms with Crippen molar-refractivity contribution in [3.05, 3.63) is 77.6 Å². The van der Waals surface area contributed by atoms with Gasteiger partial charge in [0, 0.05) is 67.6 Å². The lowest BCUT2D eigenvalue weighted by Crippen LogP contribution is -2.49. The molecule has 8 heteroatoms. The molecule has 1 saturated heterocycles. The van der Waals surface area contributed by atoms with E-state index in [1.54, 1.807) is 0 Å². The second kappa shape index (κ2) is 12.9. The van der Waals surface area contributed by atoms with Gasteiger partial charge < -0.3 is 24.9 Å². The summed E-state index contributed by atoms with van der Waals surface area (Å²) >= 11 is 0. The number of amides is 2. The van der Waals surface area contributed by atoms with Gasteiger partial charge >= 0.3 is 0 Å². The second-order valence-electron chi connectivity index (χ2n) is 11.5. The molecule has 3 aromatic rings. The van der Waals surface area contributed by atoms with Crippen LogP contribution in [0, 0.1) is 6.92 Å². The maximum Gasteiger partial charge on any atom is 0.270 e. The predicted molar refractivity (Wildman–Crippen MR) is 171 cm³/mol. The van der Waals surface area contributed by atoms with E-state index in [9.17, 15) is 9.59 Å². The Morgan fingerprint density at radius 1 is 1.02 bits per heavy atom. The molecule has 0 radical (unpaired) electrons. The number of nitrogens with zero attached hydrogens (tertiary/aromatic N) is 5. The van der Waals surface area contributed by atoms with Crippen LogP contribution in [0.3, 0.4) is 0 Å². The van der Waals surface area contributed by atoms with E-state index in [1.165, 1.54) is 33.7 Å². The largest absolute Gasteiger partial charge is 0.368 e. The van der Waals surface area contributed by atoms with E-state index in [2.05, 4.69) is 90.7 Å². The molecule has 5 rings (SSSR count). The van der Waals surface area contributed by atoms with Crippen molar-refractivity contribution in [2.75, 3.05) is 62.2 Å². The Balaban J connectivity index is 1.47. The topological polar surface area (TPSA) is 72.0 Å². The van der Waals surface area contributed by atoms with Crippen LogP contribution in [0.15, 0.2) is 55.1 Å². The molecule has 42 heavy (non-hydrogen) atoms. The highest BCUT2D eigenvalue weighted by molar-refractivity contribution is 5.97. The monoisotopic (exact) mass is 568 g/mol. The molecule has 1 N–H and O–H groups in total.